The van der Waals surface area contributed by atoms with E-state index < -0.39 is 0 Å². The van der Waals surface area contributed by atoms with Gasteiger partial charge in [-0.2, -0.15) is 0 Å². The maximum absolute atomic E-state index is 12.7. The van der Waals surface area contributed by atoms with Gasteiger partial charge in [0.1, 0.15) is 5.75 Å². The third-order valence-corrected chi connectivity index (χ3v) is 5.49. The van der Waals surface area contributed by atoms with Crippen LogP contribution in [0.15, 0.2) is 48.5 Å². The van der Waals surface area contributed by atoms with Crippen molar-refractivity contribution >= 4 is 23.1 Å². The Morgan fingerprint density at radius 3 is 2.10 bits per heavy atom. The van der Waals surface area contributed by atoms with E-state index >= 15 is 0 Å². The van der Waals surface area contributed by atoms with Crippen molar-refractivity contribution in [2.75, 3.05) is 74.7 Å². The first-order valence-electron chi connectivity index (χ1n) is 10.1. The summed E-state index contributed by atoms with van der Waals surface area (Å²) in [6.45, 7) is 6.34. The second-order valence-corrected chi connectivity index (χ2v) is 7.19. The molecule has 0 atom stereocenters. The average molecular weight is 396 g/mol. The second-order valence-electron chi connectivity index (χ2n) is 7.19. The van der Waals surface area contributed by atoms with Crippen LogP contribution in [0.5, 0.6) is 5.75 Å². The highest BCUT2D eigenvalue weighted by molar-refractivity contribution is 5.91. The number of nitrogens with zero attached hydrogens (tertiary/aromatic N) is 3. The molecule has 7 nitrogen and oxygen atoms in total. The summed E-state index contributed by atoms with van der Waals surface area (Å²) in [6, 6.07) is 15.9. The monoisotopic (exact) mass is 396 g/mol. The molecule has 154 valence electrons. The molecule has 0 unspecified atom stereocenters. The molecular weight excluding hydrogens is 368 g/mol. The summed E-state index contributed by atoms with van der Waals surface area (Å²) in [6.07, 6.45) is 0. The normalized spacial score (nSPS) is 17.2. The van der Waals surface area contributed by atoms with E-state index in [2.05, 4.69) is 39.4 Å². The number of amides is 2. The fourth-order valence-electron chi connectivity index (χ4n) is 3.90. The van der Waals surface area contributed by atoms with Gasteiger partial charge in [-0.1, -0.05) is 24.3 Å². The fraction of sp³-hybridized carbons (Fsp3) is 0.409. The summed E-state index contributed by atoms with van der Waals surface area (Å²) in [5, 5.41) is 2.97. The molecule has 2 amide bonds. The number of urea groups is 1. The summed E-state index contributed by atoms with van der Waals surface area (Å²) >= 11 is 0. The van der Waals surface area contributed by atoms with Crippen LogP contribution in [0.2, 0.25) is 0 Å². The molecule has 0 aromatic heterocycles. The Balaban J connectivity index is 1.39. The van der Waals surface area contributed by atoms with Gasteiger partial charge in [0.05, 0.1) is 37.4 Å². The minimum atomic E-state index is -0.0874. The van der Waals surface area contributed by atoms with E-state index in [0.29, 0.717) is 24.5 Å². The zero-order chi connectivity index (χ0) is 20.1. The highest BCUT2D eigenvalue weighted by Crippen LogP contribution is 2.31. The molecular formula is C22H28N4O3. The smallest absolute Gasteiger partial charge is 0.322 e. The number of hydrogen-bond acceptors (Lipinski definition) is 5. The van der Waals surface area contributed by atoms with Crippen LogP contribution in [-0.4, -0.2) is 70.5 Å². The van der Waals surface area contributed by atoms with E-state index in [1.807, 2.05) is 29.2 Å². The molecule has 4 rings (SSSR count). The van der Waals surface area contributed by atoms with Crippen LogP contribution < -0.4 is 19.9 Å². The van der Waals surface area contributed by atoms with E-state index in [-0.39, 0.29) is 6.03 Å². The standard InChI is InChI=1S/C22H28N4O3/c1-28-21-9-5-2-6-18(21)23-22(27)26-12-10-24(11-13-26)19-7-3-4-8-20(19)25-14-16-29-17-15-25/h2-9H,10-17H2,1H3,(H,23,27). The molecule has 0 radical (unpaired) electrons. The molecule has 2 aromatic rings. The third-order valence-electron chi connectivity index (χ3n) is 5.49. The summed E-state index contributed by atoms with van der Waals surface area (Å²) in [4.78, 5) is 19.3. The number of rotatable bonds is 4. The highest BCUT2D eigenvalue weighted by atomic mass is 16.5. The summed E-state index contributed by atoms with van der Waals surface area (Å²) in [5.41, 5.74) is 3.18. The Hall–Kier alpha value is -2.93. The lowest BCUT2D eigenvalue weighted by Gasteiger charge is -2.39. The Kier molecular flexibility index (Phi) is 6.05. The van der Waals surface area contributed by atoms with Crippen molar-refractivity contribution in [2.45, 2.75) is 0 Å². The van der Waals surface area contributed by atoms with E-state index in [4.69, 9.17) is 9.47 Å². The van der Waals surface area contributed by atoms with Crippen molar-refractivity contribution in [3.63, 3.8) is 0 Å². The predicted molar refractivity (Wildman–Crippen MR) is 115 cm³/mol. The number of hydrogen-bond donors (Lipinski definition) is 1. The van der Waals surface area contributed by atoms with Gasteiger partial charge >= 0.3 is 6.03 Å². The number of carbonyl (C=O) groups excluding carboxylic acids is 1. The van der Waals surface area contributed by atoms with Crippen LogP contribution in [0.3, 0.4) is 0 Å². The molecule has 2 fully saturated rings. The predicted octanol–water partition coefficient (Wildman–Crippen LogP) is 2.89. The topological polar surface area (TPSA) is 57.3 Å². The first-order chi connectivity index (χ1) is 14.3. The molecule has 29 heavy (non-hydrogen) atoms. The molecule has 0 aliphatic carbocycles. The van der Waals surface area contributed by atoms with Crippen molar-refractivity contribution in [2.24, 2.45) is 0 Å². The largest absolute Gasteiger partial charge is 0.495 e. The Bertz CT molecular complexity index is 830. The van der Waals surface area contributed by atoms with Crippen LogP contribution in [0.1, 0.15) is 0 Å². The molecule has 2 aliphatic rings. The zero-order valence-corrected chi connectivity index (χ0v) is 16.8. The quantitative estimate of drug-likeness (QED) is 0.861. The van der Waals surface area contributed by atoms with Crippen LogP contribution in [0, 0.1) is 0 Å². The van der Waals surface area contributed by atoms with Crippen LogP contribution in [0.25, 0.3) is 0 Å². The van der Waals surface area contributed by atoms with Gasteiger partial charge in [-0.25, -0.2) is 4.79 Å². The van der Waals surface area contributed by atoms with Crippen molar-refractivity contribution < 1.29 is 14.3 Å². The highest BCUT2D eigenvalue weighted by Gasteiger charge is 2.24. The number of benzene rings is 2. The summed E-state index contributed by atoms with van der Waals surface area (Å²) < 4.78 is 10.8. The molecule has 7 heteroatoms. The van der Waals surface area contributed by atoms with Gasteiger partial charge in [-0.05, 0) is 24.3 Å². The lowest BCUT2D eigenvalue weighted by atomic mass is 10.2. The molecule has 0 saturated carbocycles. The Morgan fingerprint density at radius 1 is 0.862 bits per heavy atom. The Labute approximate surface area is 171 Å². The minimum Gasteiger partial charge on any atom is -0.495 e. The van der Waals surface area contributed by atoms with Crippen LogP contribution in [0.4, 0.5) is 21.9 Å². The summed E-state index contributed by atoms with van der Waals surface area (Å²) in [7, 11) is 1.61. The average Bonchev–Trinajstić information content (AvgIpc) is 2.80. The van der Waals surface area contributed by atoms with Gasteiger partial charge in [0, 0.05) is 39.3 Å². The number of para-hydroxylation sites is 4. The number of carbonyl (C=O) groups is 1. The second kappa shape index (κ2) is 9.05. The van der Waals surface area contributed by atoms with Crippen molar-refractivity contribution in [3.8, 4) is 5.75 Å². The minimum absolute atomic E-state index is 0.0874. The number of piperazine rings is 1. The number of morpholine rings is 1. The molecule has 2 saturated heterocycles. The lowest BCUT2D eigenvalue weighted by molar-refractivity contribution is 0.122. The van der Waals surface area contributed by atoms with Crippen molar-refractivity contribution in [1.29, 1.82) is 0 Å². The van der Waals surface area contributed by atoms with E-state index in [1.54, 1.807) is 7.11 Å². The van der Waals surface area contributed by atoms with Gasteiger partial charge in [0.2, 0.25) is 0 Å². The van der Waals surface area contributed by atoms with Gasteiger partial charge in [0.25, 0.3) is 0 Å². The lowest BCUT2D eigenvalue weighted by Crippen LogP contribution is -2.50. The van der Waals surface area contributed by atoms with Gasteiger partial charge in [-0.15, -0.1) is 0 Å². The molecule has 2 aliphatic heterocycles. The van der Waals surface area contributed by atoms with E-state index in [1.165, 1.54) is 11.4 Å². The summed E-state index contributed by atoms with van der Waals surface area (Å²) in [5.74, 6) is 0.666. The number of ether oxygens (including phenoxy) is 2. The first kappa shape index (κ1) is 19.4. The van der Waals surface area contributed by atoms with E-state index in [0.717, 1.165) is 39.4 Å². The molecule has 2 heterocycles. The number of nitrogens with one attached hydrogen (secondary N) is 1. The maximum Gasteiger partial charge on any atom is 0.322 e. The zero-order valence-electron chi connectivity index (χ0n) is 16.8. The van der Waals surface area contributed by atoms with Gasteiger partial charge in [-0.3, -0.25) is 0 Å². The fourth-order valence-corrected chi connectivity index (χ4v) is 3.90. The van der Waals surface area contributed by atoms with Gasteiger partial charge < -0.3 is 29.5 Å². The maximum atomic E-state index is 12.7. The van der Waals surface area contributed by atoms with E-state index in [9.17, 15) is 4.79 Å². The number of methoxy groups -OCH3 is 1. The third kappa shape index (κ3) is 4.40. The SMILES string of the molecule is COc1ccccc1NC(=O)N1CCN(c2ccccc2N2CCOCC2)CC1. The number of anilines is 3. The van der Waals surface area contributed by atoms with Crippen LogP contribution >= 0.6 is 0 Å². The molecule has 2 aromatic carbocycles. The molecule has 0 bridgehead atoms. The van der Waals surface area contributed by atoms with Crippen LogP contribution in [-0.2, 0) is 4.74 Å². The molecule has 0 spiro atoms. The first-order valence-corrected chi connectivity index (χ1v) is 10.1. The van der Waals surface area contributed by atoms with Gasteiger partial charge in [0.15, 0.2) is 0 Å². The van der Waals surface area contributed by atoms with Crippen molar-refractivity contribution in [3.05, 3.63) is 48.5 Å². The van der Waals surface area contributed by atoms with Crippen molar-refractivity contribution in [1.82, 2.24) is 4.90 Å². The molecule has 1 N–H and O–H groups in total. The Morgan fingerprint density at radius 2 is 1.45 bits per heavy atom.